The Bertz CT molecular complexity index is 460. The lowest BCUT2D eigenvalue weighted by Gasteiger charge is -2.06. The molecule has 3 nitrogen and oxygen atoms in total. The molecule has 3 heteroatoms. The largest absolute Gasteiger partial charge is 0.393 e. The van der Waals surface area contributed by atoms with Crippen molar-refractivity contribution in [3.63, 3.8) is 0 Å². The predicted molar refractivity (Wildman–Crippen MR) is 56.9 cm³/mol. The van der Waals surface area contributed by atoms with E-state index >= 15 is 0 Å². The molecule has 0 amide bonds. The third-order valence-corrected chi connectivity index (χ3v) is 3.23. The highest BCUT2D eigenvalue weighted by molar-refractivity contribution is 5.97. The molecule has 1 aliphatic heterocycles. The first-order valence-corrected chi connectivity index (χ1v) is 5.58. The third kappa shape index (κ3) is 1.62. The van der Waals surface area contributed by atoms with E-state index in [2.05, 4.69) is 10.8 Å². The minimum absolute atomic E-state index is 0.187. The second-order valence-electron chi connectivity index (χ2n) is 4.49. The smallest absolute Gasteiger partial charge is 0.321 e. The van der Waals surface area contributed by atoms with Crippen LogP contribution in [-0.4, -0.2) is 11.9 Å². The Hall–Kier alpha value is -1.64. The average Bonchev–Trinajstić information content (AvgIpc) is 3.05. The summed E-state index contributed by atoms with van der Waals surface area (Å²) in [6, 6.07) is 7.99. The van der Waals surface area contributed by atoms with Crippen LogP contribution in [0.2, 0.25) is 0 Å². The van der Waals surface area contributed by atoms with Crippen molar-refractivity contribution in [1.29, 1.82) is 0 Å². The Morgan fingerprint density at radius 2 is 1.88 bits per heavy atom. The van der Waals surface area contributed by atoms with Gasteiger partial charge in [-0.2, -0.15) is 0 Å². The molecule has 1 aromatic carbocycles. The monoisotopic (exact) mass is 216 g/mol. The van der Waals surface area contributed by atoms with Crippen molar-refractivity contribution in [2.45, 2.75) is 31.1 Å². The molecular formula is C13H12O3. The summed E-state index contributed by atoms with van der Waals surface area (Å²) >= 11 is 0. The van der Waals surface area contributed by atoms with E-state index in [1.54, 1.807) is 0 Å². The maximum Gasteiger partial charge on any atom is 0.321 e. The van der Waals surface area contributed by atoms with Gasteiger partial charge in [-0.15, -0.1) is 0 Å². The van der Waals surface area contributed by atoms with Gasteiger partial charge in [0.15, 0.2) is 0 Å². The minimum Gasteiger partial charge on any atom is -0.393 e. The lowest BCUT2D eigenvalue weighted by atomic mass is 9.95. The molecule has 1 aromatic rings. The SMILES string of the molecule is O=C1CC(c2cccc(C3CC3)c2)C(=O)O1. The van der Waals surface area contributed by atoms with Crippen molar-refractivity contribution in [3.8, 4) is 0 Å². The number of ether oxygens (including phenoxy) is 1. The van der Waals surface area contributed by atoms with Gasteiger partial charge in [0.25, 0.3) is 0 Å². The summed E-state index contributed by atoms with van der Waals surface area (Å²) < 4.78 is 4.57. The normalized spacial score (nSPS) is 24.6. The van der Waals surface area contributed by atoms with Crippen molar-refractivity contribution in [3.05, 3.63) is 35.4 Å². The zero-order valence-electron chi connectivity index (χ0n) is 8.81. The summed E-state index contributed by atoms with van der Waals surface area (Å²) in [7, 11) is 0. The molecule has 1 saturated heterocycles. The molecule has 2 aliphatic rings. The summed E-state index contributed by atoms with van der Waals surface area (Å²) in [5, 5.41) is 0. The van der Waals surface area contributed by atoms with Crippen molar-refractivity contribution < 1.29 is 14.3 Å². The van der Waals surface area contributed by atoms with Gasteiger partial charge in [0.2, 0.25) is 0 Å². The van der Waals surface area contributed by atoms with Crippen molar-refractivity contribution in [2.24, 2.45) is 0 Å². The third-order valence-electron chi connectivity index (χ3n) is 3.23. The van der Waals surface area contributed by atoms with Gasteiger partial charge in [-0.1, -0.05) is 24.3 Å². The van der Waals surface area contributed by atoms with Crippen LogP contribution in [0.5, 0.6) is 0 Å². The summed E-state index contributed by atoms with van der Waals surface area (Å²) in [5.74, 6) is -0.538. The molecule has 1 saturated carbocycles. The van der Waals surface area contributed by atoms with Crippen molar-refractivity contribution in [2.75, 3.05) is 0 Å². The van der Waals surface area contributed by atoms with Gasteiger partial charge in [-0.3, -0.25) is 9.59 Å². The van der Waals surface area contributed by atoms with E-state index in [0.717, 1.165) is 5.56 Å². The quantitative estimate of drug-likeness (QED) is 0.561. The van der Waals surface area contributed by atoms with Gasteiger partial charge in [-0.25, -0.2) is 0 Å². The number of hydrogen-bond acceptors (Lipinski definition) is 3. The summed E-state index contributed by atoms with van der Waals surface area (Å²) in [4.78, 5) is 22.5. The van der Waals surface area contributed by atoms with Gasteiger partial charge in [0.05, 0.1) is 12.3 Å². The molecule has 0 bridgehead atoms. The first kappa shape index (κ1) is 9.58. The van der Waals surface area contributed by atoms with Gasteiger partial charge in [0.1, 0.15) is 0 Å². The standard InChI is InChI=1S/C13H12O3/c14-12-7-11(13(15)16-12)10-3-1-2-9(6-10)8-4-5-8/h1-3,6,8,11H,4-5,7H2. The summed E-state index contributed by atoms with van der Waals surface area (Å²) in [6.45, 7) is 0. The van der Waals surface area contributed by atoms with Crippen molar-refractivity contribution in [1.82, 2.24) is 0 Å². The molecule has 0 radical (unpaired) electrons. The van der Waals surface area contributed by atoms with Crippen LogP contribution in [0, 0.1) is 0 Å². The van der Waals surface area contributed by atoms with Gasteiger partial charge in [0, 0.05) is 0 Å². The van der Waals surface area contributed by atoms with Crippen LogP contribution in [0.3, 0.4) is 0 Å². The van der Waals surface area contributed by atoms with E-state index in [9.17, 15) is 9.59 Å². The minimum atomic E-state index is -0.410. The Morgan fingerprint density at radius 1 is 1.12 bits per heavy atom. The molecular weight excluding hydrogens is 204 g/mol. The number of carbonyl (C=O) groups excluding carboxylic acids is 2. The molecule has 1 unspecified atom stereocenters. The first-order chi connectivity index (χ1) is 7.74. The Kier molecular flexibility index (Phi) is 2.06. The van der Waals surface area contributed by atoms with Crippen molar-refractivity contribution >= 4 is 11.9 Å². The highest BCUT2D eigenvalue weighted by atomic mass is 16.6. The number of esters is 2. The number of hydrogen-bond donors (Lipinski definition) is 0. The Balaban J connectivity index is 1.90. The first-order valence-electron chi connectivity index (χ1n) is 5.58. The van der Waals surface area contributed by atoms with Crippen LogP contribution in [0.15, 0.2) is 24.3 Å². The molecule has 82 valence electrons. The Labute approximate surface area is 93.4 Å². The van der Waals surface area contributed by atoms with Gasteiger partial charge >= 0.3 is 11.9 Å². The highest BCUT2D eigenvalue weighted by Gasteiger charge is 2.35. The molecule has 0 aromatic heterocycles. The second-order valence-corrected chi connectivity index (χ2v) is 4.49. The van der Waals surface area contributed by atoms with Crippen LogP contribution < -0.4 is 0 Å². The van der Waals surface area contributed by atoms with E-state index < -0.39 is 11.9 Å². The second kappa shape index (κ2) is 3.44. The fourth-order valence-electron chi connectivity index (χ4n) is 2.18. The maximum atomic E-state index is 11.4. The summed E-state index contributed by atoms with van der Waals surface area (Å²) in [5.41, 5.74) is 2.20. The lowest BCUT2D eigenvalue weighted by Crippen LogP contribution is -2.05. The molecule has 0 spiro atoms. The van der Waals surface area contributed by atoms with E-state index in [1.165, 1.54) is 18.4 Å². The maximum absolute atomic E-state index is 11.4. The molecule has 1 atom stereocenters. The molecule has 16 heavy (non-hydrogen) atoms. The van der Waals surface area contributed by atoms with Crippen LogP contribution >= 0.6 is 0 Å². The number of carbonyl (C=O) groups is 2. The molecule has 3 rings (SSSR count). The van der Waals surface area contributed by atoms with E-state index in [0.29, 0.717) is 5.92 Å². The zero-order chi connectivity index (χ0) is 11.1. The molecule has 0 N–H and O–H groups in total. The highest BCUT2D eigenvalue weighted by Crippen LogP contribution is 2.41. The van der Waals surface area contributed by atoms with Gasteiger partial charge in [-0.05, 0) is 29.9 Å². The Morgan fingerprint density at radius 3 is 2.50 bits per heavy atom. The molecule has 1 aliphatic carbocycles. The number of rotatable bonds is 2. The van der Waals surface area contributed by atoms with E-state index in [1.807, 2.05) is 18.2 Å². The average molecular weight is 216 g/mol. The van der Waals surface area contributed by atoms with Crippen LogP contribution in [0.1, 0.15) is 42.2 Å². The molecule has 2 fully saturated rings. The van der Waals surface area contributed by atoms with E-state index in [4.69, 9.17) is 0 Å². The van der Waals surface area contributed by atoms with Gasteiger partial charge < -0.3 is 4.74 Å². The molecule has 1 heterocycles. The zero-order valence-corrected chi connectivity index (χ0v) is 8.81. The predicted octanol–water partition coefficient (Wildman–Crippen LogP) is 2.12. The summed E-state index contributed by atoms with van der Waals surface area (Å²) in [6.07, 6.45) is 2.65. The van der Waals surface area contributed by atoms with E-state index in [-0.39, 0.29) is 12.3 Å². The van der Waals surface area contributed by atoms with Crippen LogP contribution in [0.4, 0.5) is 0 Å². The van der Waals surface area contributed by atoms with Crippen LogP contribution in [-0.2, 0) is 14.3 Å². The fraction of sp³-hybridized carbons (Fsp3) is 0.385. The lowest BCUT2D eigenvalue weighted by molar-refractivity contribution is -0.152. The fourth-order valence-corrected chi connectivity index (χ4v) is 2.18. The van der Waals surface area contributed by atoms with Crippen LogP contribution in [0.25, 0.3) is 0 Å². The topological polar surface area (TPSA) is 43.4 Å². The number of cyclic esters (lactones) is 2. The number of benzene rings is 1.